The van der Waals surface area contributed by atoms with Gasteiger partial charge in [0.25, 0.3) is 0 Å². The number of benzene rings is 1. The third-order valence-electron chi connectivity index (χ3n) is 4.29. The Hall–Kier alpha value is -1.35. The van der Waals surface area contributed by atoms with Crippen molar-refractivity contribution in [1.29, 1.82) is 0 Å². The van der Waals surface area contributed by atoms with Crippen LogP contribution in [0.25, 0.3) is 0 Å². The van der Waals surface area contributed by atoms with Crippen LogP contribution >= 0.6 is 0 Å². The van der Waals surface area contributed by atoms with Crippen LogP contribution in [0.4, 0.5) is 0 Å². The van der Waals surface area contributed by atoms with Crippen LogP contribution < -0.4 is 0 Å². The molecule has 0 saturated heterocycles. The first-order chi connectivity index (χ1) is 9.29. The van der Waals surface area contributed by atoms with Crippen LogP contribution in [0.15, 0.2) is 30.3 Å². The molecule has 1 aromatic carbocycles. The zero-order valence-corrected chi connectivity index (χ0v) is 11.2. The number of ether oxygens (including phenoxy) is 2. The van der Waals surface area contributed by atoms with E-state index < -0.39 is 0 Å². The molecule has 0 bridgehead atoms. The molecule has 2 unspecified atom stereocenters. The molecule has 19 heavy (non-hydrogen) atoms. The first-order valence-corrected chi connectivity index (χ1v) is 7.11. The topological polar surface area (TPSA) is 35.5 Å². The van der Waals surface area contributed by atoms with Crippen LogP contribution in [-0.2, 0) is 20.9 Å². The maximum atomic E-state index is 11.6. The van der Waals surface area contributed by atoms with Crippen molar-refractivity contribution in [1.82, 2.24) is 0 Å². The average molecular weight is 260 g/mol. The number of carbonyl (C=O) groups is 1. The SMILES string of the molecule is CCOC(=O)C1[C@H]2CC(OCc3ccccc3)C[C@@H]12. The van der Waals surface area contributed by atoms with Crippen molar-refractivity contribution >= 4 is 5.97 Å². The summed E-state index contributed by atoms with van der Waals surface area (Å²) in [7, 11) is 0. The van der Waals surface area contributed by atoms with Gasteiger partial charge in [0.2, 0.25) is 0 Å². The largest absolute Gasteiger partial charge is 0.466 e. The second-order valence-electron chi connectivity index (χ2n) is 5.50. The molecule has 2 aliphatic rings. The summed E-state index contributed by atoms with van der Waals surface area (Å²) in [4.78, 5) is 11.6. The Bertz CT molecular complexity index is 431. The number of rotatable bonds is 5. The van der Waals surface area contributed by atoms with Gasteiger partial charge in [-0.15, -0.1) is 0 Å². The van der Waals surface area contributed by atoms with E-state index in [1.807, 2.05) is 25.1 Å². The van der Waals surface area contributed by atoms with Gasteiger partial charge in [0, 0.05) is 0 Å². The molecule has 2 aliphatic carbocycles. The van der Waals surface area contributed by atoms with E-state index in [1.165, 1.54) is 5.56 Å². The van der Waals surface area contributed by atoms with Gasteiger partial charge in [-0.25, -0.2) is 0 Å². The van der Waals surface area contributed by atoms with Crippen molar-refractivity contribution in [3.63, 3.8) is 0 Å². The van der Waals surface area contributed by atoms with Crippen molar-refractivity contribution in [3.05, 3.63) is 35.9 Å². The average Bonchev–Trinajstić information content (AvgIpc) is 2.94. The molecule has 0 radical (unpaired) electrons. The first kappa shape index (κ1) is 12.7. The lowest BCUT2D eigenvalue weighted by Gasteiger charge is -2.15. The van der Waals surface area contributed by atoms with Crippen molar-refractivity contribution in [2.45, 2.75) is 32.5 Å². The molecular weight excluding hydrogens is 240 g/mol. The lowest BCUT2D eigenvalue weighted by molar-refractivity contribution is -0.145. The molecule has 0 amide bonds. The minimum atomic E-state index is -0.000917. The van der Waals surface area contributed by atoms with Crippen molar-refractivity contribution in [2.24, 2.45) is 17.8 Å². The summed E-state index contributed by atoms with van der Waals surface area (Å²) in [6.45, 7) is 3.03. The van der Waals surface area contributed by atoms with Gasteiger partial charge < -0.3 is 9.47 Å². The van der Waals surface area contributed by atoms with Gasteiger partial charge in [0.15, 0.2) is 0 Å². The lowest BCUT2D eigenvalue weighted by Crippen LogP contribution is -2.17. The number of carbonyl (C=O) groups excluding carboxylic acids is 1. The van der Waals surface area contributed by atoms with Gasteiger partial charge in [-0.1, -0.05) is 30.3 Å². The number of esters is 1. The Labute approximate surface area is 113 Å². The predicted octanol–water partition coefficient (Wildman–Crippen LogP) is 2.79. The van der Waals surface area contributed by atoms with Crippen molar-refractivity contribution in [3.8, 4) is 0 Å². The normalized spacial score (nSPS) is 31.8. The van der Waals surface area contributed by atoms with Crippen molar-refractivity contribution < 1.29 is 14.3 Å². The summed E-state index contributed by atoms with van der Waals surface area (Å²) in [5.74, 6) is 1.19. The number of fused-ring (bicyclic) bond motifs is 1. The molecule has 0 aliphatic heterocycles. The lowest BCUT2D eigenvalue weighted by atomic mass is 10.1. The van der Waals surface area contributed by atoms with E-state index in [-0.39, 0.29) is 11.9 Å². The molecular formula is C16H20O3. The van der Waals surface area contributed by atoms with Crippen LogP contribution in [0.5, 0.6) is 0 Å². The van der Waals surface area contributed by atoms with Crippen LogP contribution in [0.3, 0.4) is 0 Å². The standard InChI is InChI=1S/C16H20O3/c1-2-18-16(17)15-13-8-12(9-14(13)15)19-10-11-6-4-3-5-7-11/h3-7,12-15H,2,8-10H2,1H3/t12?,13-,14+,15?. The fourth-order valence-electron chi connectivity index (χ4n) is 3.30. The first-order valence-electron chi connectivity index (χ1n) is 7.11. The molecule has 2 fully saturated rings. The van der Waals surface area contributed by atoms with Crippen LogP contribution in [0.1, 0.15) is 25.3 Å². The molecule has 3 rings (SSSR count). The van der Waals surface area contributed by atoms with E-state index in [0.29, 0.717) is 31.2 Å². The Morgan fingerprint density at radius 2 is 1.89 bits per heavy atom. The van der Waals surface area contributed by atoms with Gasteiger partial charge in [-0.05, 0) is 37.2 Å². The minimum Gasteiger partial charge on any atom is -0.466 e. The van der Waals surface area contributed by atoms with Gasteiger partial charge in [-0.2, -0.15) is 0 Å². The Balaban J connectivity index is 1.43. The second kappa shape index (κ2) is 5.33. The predicted molar refractivity (Wildman–Crippen MR) is 71.4 cm³/mol. The highest BCUT2D eigenvalue weighted by molar-refractivity contribution is 5.76. The zero-order chi connectivity index (χ0) is 13.2. The minimum absolute atomic E-state index is 0.000917. The molecule has 0 spiro atoms. The molecule has 1 aromatic rings. The summed E-state index contributed by atoms with van der Waals surface area (Å²) < 4.78 is 11.0. The highest BCUT2D eigenvalue weighted by Crippen LogP contribution is 2.58. The van der Waals surface area contributed by atoms with Crippen LogP contribution in [-0.4, -0.2) is 18.7 Å². The summed E-state index contributed by atoms with van der Waals surface area (Å²) >= 11 is 0. The fourth-order valence-corrected chi connectivity index (χ4v) is 3.30. The summed E-state index contributed by atoms with van der Waals surface area (Å²) in [6, 6.07) is 10.2. The second-order valence-corrected chi connectivity index (χ2v) is 5.50. The molecule has 0 N–H and O–H groups in total. The molecule has 0 aromatic heterocycles. The monoisotopic (exact) mass is 260 g/mol. The zero-order valence-electron chi connectivity index (χ0n) is 11.2. The van der Waals surface area contributed by atoms with Crippen LogP contribution in [0, 0.1) is 17.8 Å². The highest BCUT2D eigenvalue weighted by atomic mass is 16.5. The van der Waals surface area contributed by atoms with E-state index in [4.69, 9.17) is 9.47 Å². The smallest absolute Gasteiger partial charge is 0.309 e. The van der Waals surface area contributed by atoms with Gasteiger partial charge in [0.1, 0.15) is 0 Å². The maximum Gasteiger partial charge on any atom is 0.309 e. The highest BCUT2D eigenvalue weighted by Gasteiger charge is 2.60. The van der Waals surface area contributed by atoms with Crippen molar-refractivity contribution in [2.75, 3.05) is 6.61 Å². The van der Waals surface area contributed by atoms with Gasteiger partial charge in [0.05, 0.1) is 25.2 Å². The summed E-state index contributed by atoms with van der Waals surface area (Å²) in [5.41, 5.74) is 1.21. The molecule has 3 heteroatoms. The summed E-state index contributed by atoms with van der Waals surface area (Å²) in [5, 5.41) is 0. The van der Waals surface area contributed by atoms with E-state index >= 15 is 0 Å². The molecule has 4 atom stereocenters. The number of hydrogen-bond acceptors (Lipinski definition) is 3. The van der Waals surface area contributed by atoms with E-state index in [1.54, 1.807) is 0 Å². The van der Waals surface area contributed by atoms with E-state index in [0.717, 1.165) is 12.8 Å². The van der Waals surface area contributed by atoms with Crippen LogP contribution in [0.2, 0.25) is 0 Å². The third-order valence-corrected chi connectivity index (χ3v) is 4.29. The molecule has 2 saturated carbocycles. The van der Waals surface area contributed by atoms with Gasteiger partial charge >= 0.3 is 5.97 Å². The Morgan fingerprint density at radius 1 is 1.21 bits per heavy atom. The van der Waals surface area contributed by atoms with E-state index in [9.17, 15) is 4.79 Å². The molecule has 3 nitrogen and oxygen atoms in total. The van der Waals surface area contributed by atoms with Gasteiger partial charge in [-0.3, -0.25) is 4.79 Å². The summed E-state index contributed by atoms with van der Waals surface area (Å²) in [6.07, 6.45) is 2.35. The van der Waals surface area contributed by atoms with E-state index in [2.05, 4.69) is 12.1 Å². The number of hydrogen-bond donors (Lipinski definition) is 0. The Kier molecular flexibility index (Phi) is 3.56. The molecule has 102 valence electrons. The quantitative estimate of drug-likeness (QED) is 0.764. The third kappa shape index (κ3) is 2.66. The fraction of sp³-hybridized carbons (Fsp3) is 0.562. The Morgan fingerprint density at radius 3 is 2.53 bits per heavy atom. The maximum absolute atomic E-state index is 11.6. The molecule has 0 heterocycles.